The van der Waals surface area contributed by atoms with Crippen molar-refractivity contribution in [1.82, 2.24) is 15.3 Å². The molecule has 4 aromatic rings. The zero-order chi connectivity index (χ0) is 20.4. The van der Waals surface area contributed by atoms with Gasteiger partial charge in [-0.1, -0.05) is 36.4 Å². The lowest BCUT2D eigenvalue weighted by Gasteiger charge is -2.15. The van der Waals surface area contributed by atoms with Gasteiger partial charge in [-0.25, -0.2) is 4.98 Å². The molecule has 1 heterocycles. The summed E-state index contributed by atoms with van der Waals surface area (Å²) in [5.74, 6) is 1.62. The molecule has 0 aliphatic rings. The van der Waals surface area contributed by atoms with Crippen molar-refractivity contribution in [3.8, 4) is 11.5 Å². The molecule has 0 radical (unpaired) electrons. The number of hydrogen-bond donors (Lipinski definition) is 2. The van der Waals surface area contributed by atoms with Gasteiger partial charge in [0.2, 0.25) is 0 Å². The molecule has 1 atom stereocenters. The first-order valence-electron chi connectivity index (χ1n) is 9.46. The summed E-state index contributed by atoms with van der Waals surface area (Å²) in [5.41, 5.74) is 1.55. The third-order valence-electron chi connectivity index (χ3n) is 5.11. The van der Waals surface area contributed by atoms with Crippen LogP contribution in [0.1, 0.15) is 24.4 Å². The number of benzene rings is 3. The fourth-order valence-corrected chi connectivity index (χ4v) is 3.44. The summed E-state index contributed by atoms with van der Waals surface area (Å²) in [6.45, 7) is 2.53. The van der Waals surface area contributed by atoms with Gasteiger partial charge in [0.25, 0.3) is 5.56 Å². The zero-order valence-corrected chi connectivity index (χ0v) is 16.7. The zero-order valence-electron chi connectivity index (χ0n) is 16.7. The van der Waals surface area contributed by atoms with Crippen LogP contribution in [0.5, 0.6) is 11.5 Å². The van der Waals surface area contributed by atoms with Crippen LogP contribution >= 0.6 is 0 Å². The minimum atomic E-state index is -0.203. The molecule has 0 saturated carbocycles. The van der Waals surface area contributed by atoms with Gasteiger partial charge in [0.15, 0.2) is 11.5 Å². The van der Waals surface area contributed by atoms with Crippen LogP contribution in [0.25, 0.3) is 21.7 Å². The third-order valence-corrected chi connectivity index (χ3v) is 5.11. The van der Waals surface area contributed by atoms with Crippen molar-refractivity contribution >= 4 is 21.7 Å². The number of aromatic amines is 1. The molecular formula is C23H23N3O3. The number of aromatic nitrogens is 2. The Balaban J connectivity index is 1.57. The van der Waals surface area contributed by atoms with Crippen molar-refractivity contribution in [2.24, 2.45) is 0 Å². The predicted molar refractivity (Wildman–Crippen MR) is 115 cm³/mol. The standard InChI is InChI=1S/C23H23N3O3/c1-14(16-9-8-15-6-4-5-7-17(15)10-16)24-13-22-25-19-12-21(29-3)20(28-2)11-18(19)23(27)26-22/h4-12,14,24H,13H2,1-3H3,(H,25,26,27)/t14-/m0/s1. The number of nitrogens with one attached hydrogen (secondary N) is 2. The number of methoxy groups -OCH3 is 2. The van der Waals surface area contributed by atoms with Crippen molar-refractivity contribution in [2.75, 3.05) is 14.2 Å². The number of hydrogen-bond acceptors (Lipinski definition) is 5. The topological polar surface area (TPSA) is 76.2 Å². The van der Waals surface area contributed by atoms with E-state index in [0.717, 1.165) is 0 Å². The van der Waals surface area contributed by atoms with E-state index in [2.05, 4.69) is 52.5 Å². The van der Waals surface area contributed by atoms with E-state index in [-0.39, 0.29) is 11.6 Å². The van der Waals surface area contributed by atoms with Crippen molar-refractivity contribution in [3.05, 3.63) is 76.3 Å². The summed E-state index contributed by atoms with van der Waals surface area (Å²) < 4.78 is 10.6. The van der Waals surface area contributed by atoms with Crippen LogP contribution in [-0.4, -0.2) is 24.2 Å². The van der Waals surface area contributed by atoms with E-state index < -0.39 is 0 Å². The van der Waals surface area contributed by atoms with Crippen LogP contribution in [0.15, 0.2) is 59.4 Å². The van der Waals surface area contributed by atoms with Crippen molar-refractivity contribution in [1.29, 1.82) is 0 Å². The second kappa shape index (κ2) is 7.93. The van der Waals surface area contributed by atoms with Crippen molar-refractivity contribution in [3.63, 3.8) is 0 Å². The Morgan fingerprint density at radius 1 is 1.00 bits per heavy atom. The van der Waals surface area contributed by atoms with Gasteiger partial charge in [-0.3, -0.25) is 4.79 Å². The summed E-state index contributed by atoms with van der Waals surface area (Å²) in [6, 6.07) is 18.2. The molecule has 29 heavy (non-hydrogen) atoms. The molecule has 1 aromatic heterocycles. The molecule has 2 N–H and O–H groups in total. The van der Waals surface area contributed by atoms with Crippen LogP contribution in [0, 0.1) is 0 Å². The summed E-state index contributed by atoms with van der Waals surface area (Å²) in [4.78, 5) is 19.9. The molecule has 0 saturated heterocycles. The fraction of sp³-hybridized carbons (Fsp3) is 0.217. The van der Waals surface area contributed by atoms with Crippen molar-refractivity contribution < 1.29 is 9.47 Å². The largest absolute Gasteiger partial charge is 0.493 e. The quantitative estimate of drug-likeness (QED) is 0.522. The molecule has 0 bridgehead atoms. The lowest BCUT2D eigenvalue weighted by Crippen LogP contribution is -2.22. The van der Waals surface area contributed by atoms with E-state index in [1.165, 1.54) is 23.4 Å². The molecule has 6 nitrogen and oxygen atoms in total. The van der Waals surface area contributed by atoms with Crippen LogP contribution < -0.4 is 20.3 Å². The number of H-pyrrole nitrogens is 1. The summed E-state index contributed by atoms with van der Waals surface area (Å²) in [5, 5.41) is 6.32. The van der Waals surface area contributed by atoms with Gasteiger partial charge in [0.05, 0.1) is 31.7 Å². The van der Waals surface area contributed by atoms with E-state index in [4.69, 9.17) is 9.47 Å². The normalized spacial score (nSPS) is 12.2. The molecule has 6 heteroatoms. The van der Waals surface area contributed by atoms with E-state index in [1.54, 1.807) is 19.2 Å². The molecule has 4 rings (SSSR count). The predicted octanol–water partition coefficient (Wildman–Crippen LogP) is 3.94. The average Bonchev–Trinajstić information content (AvgIpc) is 2.76. The fourth-order valence-electron chi connectivity index (χ4n) is 3.44. The minimum Gasteiger partial charge on any atom is -0.493 e. The van der Waals surface area contributed by atoms with Gasteiger partial charge in [0.1, 0.15) is 5.82 Å². The van der Waals surface area contributed by atoms with Gasteiger partial charge < -0.3 is 19.8 Å². The highest BCUT2D eigenvalue weighted by Gasteiger charge is 2.12. The molecule has 0 amide bonds. The maximum absolute atomic E-state index is 12.5. The average molecular weight is 389 g/mol. The Bertz CT molecular complexity index is 1230. The van der Waals surface area contributed by atoms with Gasteiger partial charge >= 0.3 is 0 Å². The maximum atomic E-state index is 12.5. The second-order valence-corrected chi connectivity index (χ2v) is 6.95. The first-order chi connectivity index (χ1) is 14.1. The number of nitrogens with zero attached hydrogens (tertiary/aromatic N) is 1. The van der Waals surface area contributed by atoms with E-state index in [1.807, 2.05) is 12.1 Å². The smallest absolute Gasteiger partial charge is 0.258 e. The second-order valence-electron chi connectivity index (χ2n) is 6.95. The van der Waals surface area contributed by atoms with Crippen LogP contribution in [0.2, 0.25) is 0 Å². The highest BCUT2D eigenvalue weighted by molar-refractivity contribution is 5.83. The Morgan fingerprint density at radius 2 is 1.72 bits per heavy atom. The van der Waals surface area contributed by atoms with Gasteiger partial charge in [-0.05, 0) is 35.4 Å². The van der Waals surface area contributed by atoms with Crippen LogP contribution in [-0.2, 0) is 6.54 Å². The minimum absolute atomic E-state index is 0.103. The first kappa shape index (κ1) is 19.0. The third kappa shape index (κ3) is 3.79. The molecular weight excluding hydrogens is 366 g/mol. The number of ether oxygens (including phenoxy) is 2. The monoisotopic (exact) mass is 389 g/mol. The highest BCUT2D eigenvalue weighted by Crippen LogP contribution is 2.30. The molecule has 0 aliphatic heterocycles. The molecule has 0 spiro atoms. The summed E-state index contributed by atoms with van der Waals surface area (Å²) in [7, 11) is 3.10. The Hall–Kier alpha value is -3.38. The molecule has 0 aliphatic carbocycles. The lowest BCUT2D eigenvalue weighted by atomic mass is 10.0. The van der Waals surface area contributed by atoms with Gasteiger partial charge in [0, 0.05) is 12.1 Å². The summed E-state index contributed by atoms with van der Waals surface area (Å²) >= 11 is 0. The maximum Gasteiger partial charge on any atom is 0.258 e. The van der Waals surface area contributed by atoms with Crippen LogP contribution in [0.3, 0.4) is 0 Å². The highest BCUT2D eigenvalue weighted by atomic mass is 16.5. The number of rotatable bonds is 6. The molecule has 148 valence electrons. The van der Waals surface area contributed by atoms with Crippen molar-refractivity contribution in [2.45, 2.75) is 19.5 Å². The molecule has 3 aromatic carbocycles. The van der Waals surface area contributed by atoms with Gasteiger partial charge in [-0.15, -0.1) is 0 Å². The Morgan fingerprint density at radius 3 is 2.48 bits per heavy atom. The Kier molecular flexibility index (Phi) is 5.18. The summed E-state index contributed by atoms with van der Waals surface area (Å²) in [6.07, 6.45) is 0. The SMILES string of the molecule is COc1cc2nc(CN[C@@H](C)c3ccc4ccccc4c3)[nH]c(=O)c2cc1OC. The molecule has 0 fully saturated rings. The molecule has 0 unspecified atom stereocenters. The van der Waals surface area contributed by atoms with E-state index in [9.17, 15) is 4.79 Å². The Labute approximate surface area is 168 Å². The van der Waals surface area contributed by atoms with Gasteiger partial charge in [-0.2, -0.15) is 0 Å². The first-order valence-corrected chi connectivity index (χ1v) is 9.46. The lowest BCUT2D eigenvalue weighted by molar-refractivity contribution is 0.355. The van der Waals surface area contributed by atoms with E-state index in [0.29, 0.717) is 34.8 Å². The van der Waals surface area contributed by atoms with E-state index >= 15 is 0 Å². The van der Waals surface area contributed by atoms with Crippen LogP contribution in [0.4, 0.5) is 0 Å². The number of fused-ring (bicyclic) bond motifs is 2.